The molecule has 2 rings (SSSR count). The van der Waals surface area contributed by atoms with Crippen LogP contribution in [0.5, 0.6) is 0 Å². The van der Waals surface area contributed by atoms with Gasteiger partial charge in [0.2, 0.25) is 0 Å². The molecule has 1 atom stereocenters. The minimum absolute atomic E-state index is 0.181. The first kappa shape index (κ1) is 11.3. The van der Waals surface area contributed by atoms with Gasteiger partial charge in [0.25, 0.3) is 0 Å². The maximum Gasteiger partial charge on any atom is 0.123 e. The zero-order chi connectivity index (χ0) is 11.4. The zero-order valence-corrected chi connectivity index (χ0v) is 9.77. The summed E-state index contributed by atoms with van der Waals surface area (Å²) in [5, 5.41) is 3.11. The lowest BCUT2D eigenvalue weighted by atomic mass is 10.1. The van der Waals surface area contributed by atoms with Gasteiger partial charge in [-0.3, -0.25) is 0 Å². The second-order valence-electron chi connectivity index (χ2n) is 3.85. The Morgan fingerprint density at radius 2 is 2.12 bits per heavy atom. The summed E-state index contributed by atoms with van der Waals surface area (Å²) in [6.45, 7) is 0.940. The van der Waals surface area contributed by atoms with Crippen LogP contribution in [0.4, 0.5) is 4.39 Å². The van der Waals surface area contributed by atoms with Crippen LogP contribution in [0.1, 0.15) is 6.42 Å². The van der Waals surface area contributed by atoms with Crippen LogP contribution in [0.3, 0.4) is 0 Å². The lowest BCUT2D eigenvalue weighted by molar-refractivity contribution is 0.626. The smallest absolute Gasteiger partial charge is 0.123 e. The molecule has 1 heterocycles. The Hall–Kier alpha value is -1.16. The third kappa shape index (κ3) is 3.17. The van der Waals surface area contributed by atoms with E-state index in [-0.39, 0.29) is 5.82 Å². The van der Waals surface area contributed by atoms with Crippen molar-refractivity contribution in [2.75, 3.05) is 12.3 Å². The molecule has 0 radical (unpaired) electrons. The van der Waals surface area contributed by atoms with Crippen LogP contribution in [0.15, 0.2) is 41.1 Å². The highest BCUT2D eigenvalue weighted by Gasteiger charge is 2.12. The number of rotatable bonds is 4. The Kier molecular flexibility index (Phi) is 3.72. The van der Waals surface area contributed by atoms with Gasteiger partial charge in [-0.2, -0.15) is 0 Å². The summed E-state index contributed by atoms with van der Waals surface area (Å²) >= 11 is 1.75. The Labute approximate surface area is 99.1 Å². The summed E-state index contributed by atoms with van der Waals surface area (Å²) < 4.78 is 12.7. The monoisotopic (exact) mass is 238 g/mol. The van der Waals surface area contributed by atoms with Gasteiger partial charge in [0, 0.05) is 11.4 Å². The number of thioether (sulfide) groups is 1. The van der Waals surface area contributed by atoms with E-state index in [1.165, 1.54) is 12.1 Å². The minimum Gasteiger partial charge on any atom is -0.386 e. The topological polar surface area (TPSA) is 38.0 Å². The Bertz CT molecular complexity index is 375. The van der Waals surface area contributed by atoms with Crippen LogP contribution >= 0.6 is 11.8 Å². The summed E-state index contributed by atoms with van der Waals surface area (Å²) in [6.07, 6.45) is 3.17. The molecule has 1 aromatic rings. The molecule has 0 saturated heterocycles. The molecule has 1 aliphatic rings. The molecule has 4 heteroatoms. The second-order valence-corrected chi connectivity index (χ2v) is 5.02. The van der Waals surface area contributed by atoms with Crippen LogP contribution in [0.2, 0.25) is 0 Å². The molecule has 86 valence electrons. The molecule has 0 spiro atoms. The van der Waals surface area contributed by atoms with Crippen molar-refractivity contribution >= 4 is 11.8 Å². The number of benzene rings is 1. The molecular weight excluding hydrogens is 223 g/mol. The molecule has 0 aromatic heterocycles. The fourth-order valence-electron chi connectivity index (χ4n) is 1.67. The maximum absolute atomic E-state index is 12.7. The van der Waals surface area contributed by atoms with Crippen molar-refractivity contribution < 1.29 is 4.39 Å². The van der Waals surface area contributed by atoms with Crippen molar-refractivity contribution in [2.45, 2.75) is 11.3 Å². The van der Waals surface area contributed by atoms with E-state index in [1.807, 2.05) is 12.1 Å². The predicted octanol–water partition coefficient (Wildman–Crippen LogP) is 2.33. The SMILES string of the molecule is NC1=C[C@H](CCSc2ccc(F)cc2)CN1. The van der Waals surface area contributed by atoms with Crippen molar-refractivity contribution in [3.63, 3.8) is 0 Å². The quantitative estimate of drug-likeness (QED) is 0.791. The average molecular weight is 238 g/mol. The van der Waals surface area contributed by atoms with Gasteiger partial charge in [-0.15, -0.1) is 11.8 Å². The van der Waals surface area contributed by atoms with Gasteiger partial charge in [-0.1, -0.05) is 0 Å². The van der Waals surface area contributed by atoms with E-state index in [2.05, 4.69) is 11.4 Å². The van der Waals surface area contributed by atoms with Crippen molar-refractivity contribution in [1.82, 2.24) is 5.32 Å². The molecule has 0 bridgehead atoms. The molecular formula is C12H15FN2S. The molecule has 2 nitrogen and oxygen atoms in total. The highest BCUT2D eigenvalue weighted by atomic mass is 32.2. The Morgan fingerprint density at radius 3 is 2.75 bits per heavy atom. The first-order chi connectivity index (χ1) is 7.74. The molecule has 0 aliphatic carbocycles. The van der Waals surface area contributed by atoms with E-state index in [1.54, 1.807) is 11.8 Å². The lowest BCUT2D eigenvalue weighted by Gasteiger charge is -2.06. The number of nitrogens with two attached hydrogens (primary N) is 1. The Morgan fingerprint density at radius 1 is 1.38 bits per heavy atom. The number of halogens is 1. The van der Waals surface area contributed by atoms with Crippen molar-refractivity contribution in [1.29, 1.82) is 0 Å². The predicted molar refractivity (Wildman–Crippen MR) is 65.5 cm³/mol. The third-order valence-electron chi connectivity index (χ3n) is 2.55. The van der Waals surface area contributed by atoms with Crippen LogP contribution in [-0.2, 0) is 0 Å². The van der Waals surface area contributed by atoms with Crippen molar-refractivity contribution in [3.05, 3.63) is 42.0 Å². The molecule has 16 heavy (non-hydrogen) atoms. The van der Waals surface area contributed by atoms with Gasteiger partial charge >= 0.3 is 0 Å². The summed E-state index contributed by atoms with van der Waals surface area (Å²) in [6, 6.07) is 6.63. The average Bonchev–Trinajstić information content (AvgIpc) is 2.67. The van der Waals surface area contributed by atoms with Gasteiger partial charge in [0.15, 0.2) is 0 Å². The molecule has 0 saturated carbocycles. The number of nitrogens with one attached hydrogen (secondary N) is 1. The van der Waals surface area contributed by atoms with E-state index in [9.17, 15) is 4.39 Å². The van der Waals surface area contributed by atoms with Gasteiger partial charge in [-0.25, -0.2) is 4.39 Å². The number of hydrogen-bond donors (Lipinski definition) is 2. The highest BCUT2D eigenvalue weighted by Crippen LogP contribution is 2.22. The van der Waals surface area contributed by atoms with E-state index < -0.39 is 0 Å². The van der Waals surface area contributed by atoms with Crippen LogP contribution < -0.4 is 11.1 Å². The summed E-state index contributed by atoms with van der Waals surface area (Å²) in [5.74, 6) is 2.17. The standard InChI is InChI=1S/C12H15FN2S/c13-10-1-3-11(4-2-10)16-6-5-9-7-12(14)15-8-9/h1-4,7,9,15H,5-6,8,14H2/t9-/m0/s1. The summed E-state index contributed by atoms with van der Waals surface area (Å²) in [7, 11) is 0. The van der Waals surface area contributed by atoms with Crippen LogP contribution in [-0.4, -0.2) is 12.3 Å². The lowest BCUT2D eigenvalue weighted by Crippen LogP contribution is -2.16. The minimum atomic E-state index is -0.181. The third-order valence-corrected chi connectivity index (χ3v) is 3.60. The molecule has 3 N–H and O–H groups in total. The molecule has 0 fully saturated rings. The van der Waals surface area contributed by atoms with E-state index in [4.69, 9.17) is 5.73 Å². The second kappa shape index (κ2) is 5.25. The van der Waals surface area contributed by atoms with E-state index in [0.29, 0.717) is 5.92 Å². The largest absolute Gasteiger partial charge is 0.386 e. The molecule has 1 aliphatic heterocycles. The molecule has 1 aromatic carbocycles. The summed E-state index contributed by atoms with van der Waals surface area (Å²) in [5.41, 5.74) is 5.63. The number of hydrogen-bond acceptors (Lipinski definition) is 3. The fraction of sp³-hybridized carbons (Fsp3) is 0.333. The van der Waals surface area contributed by atoms with E-state index >= 15 is 0 Å². The van der Waals surface area contributed by atoms with Gasteiger partial charge in [0.05, 0.1) is 5.82 Å². The Balaban J connectivity index is 1.74. The maximum atomic E-state index is 12.7. The first-order valence-corrected chi connectivity index (χ1v) is 6.32. The summed E-state index contributed by atoms with van der Waals surface area (Å²) in [4.78, 5) is 1.12. The molecule has 0 unspecified atom stereocenters. The normalized spacial score (nSPS) is 19.3. The first-order valence-electron chi connectivity index (χ1n) is 5.33. The van der Waals surface area contributed by atoms with Crippen molar-refractivity contribution in [3.8, 4) is 0 Å². The highest BCUT2D eigenvalue weighted by molar-refractivity contribution is 7.99. The van der Waals surface area contributed by atoms with Crippen LogP contribution in [0, 0.1) is 11.7 Å². The van der Waals surface area contributed by atoms with Crippen LogP contribution in [0.25, 0.3) is 0 Å². The molecule has 0 amide bonds. The zero-order valence-electron chi connectivity index (χ0n) is 8.95. The van der Waals surface area contributed by atoms with Crippen molar-refractivity contribution in [2.24, 2.45) is 11.7 Å². The fourth-order valence-corrected chi connectivity index (χ4v) is 2.65. The van der Waals surface area contributed by atoms with Gasteiger partial charge in [0.1, 0.15) is 5.82 Å². The van der Waals surface area contributed by atoms with Gasteiger partial charge < -0.3 is 11.1 Å². The van der Waals surface area contributed by atoms with Gasteiger partial charge in [-0.05, 0) is 48.4 Å². The van der Waals surface area contributed by atoms with E-state index in [0.717, 1.165) is 29.4 Å².